The smallest absolute Gasteiger partial charge is 0.336 e. The van der Waals surface area contributed by atoms with Crippen molar-refractivity contribution in [2.24, 2.45) is 5.92 Å². The number of hydrogen-bond donors (Lipinski definition) is 1. The third kappa shape index (κ3) is 4.42. The van der Waals surface area contributed by atoms with Crippen molar-refractivity contribution < 1.29 is 14.6 Å². The van der Waals surface area contributed by atoms with Crippen molar-refractivity contribution >= 4 is 17.1 Å². The van der Waals surface area contributed by atoms with Crippen molar-refractivity contribution in [3.05, 3.63) is 88.0 Å². The van der Waals surface area contributed by atoms with Crippen LogP contribution < -0.4 is 15.2 Å². The highest BCUT2D eigenvalue weighted by molar-refractivity contribution is 5.95. The first-order valence-electron chi connectivity index (χ1n) is 12.5. The molecule has 2 aromatic rings. The van der Waals surface area contributed by atoms with Crippen molar-refractivity contribution in [2.45, 2.75) is 53.1 Å². The number of ether oxygens (including phenoxy) is 1. The van der Waals surface area contributed by atoms with Crippen molar-refractivity contribution in [1.82, 2.24) is 4.90 Å². The van der Waals surface area contributed by atoms with E-state index in [1.54, 1.807) is 12.1 Å². The maximum absolute atomic E-state index is 12.1. The molecule has 0 saturated carbocycles. The third-order valence-corrected chi connectivity index (χ3v) is 6.99. The number of fused-ring (bicyclic) bond motifs is 2. The van der Waals surface area contributed by atoms with E-state index in [-0.39, 0.29) is 12.0 Å². The Morgan fingerprint density at radius 2 is 1.82 bits per heavy atom. The number of benzene rings is 2. The summed E-state index contributed by atoms with van der Waals surface area (Å²) in [5.74, 6) is -0.127. The van der Waals surface area contributed by atoms with E-state index in [9.17, 15) is 9.90 Å². The van der Waals surface area contributed by atoms with Crippen LogP contribution in [0.4, 0.5) is 0 Å². The molecule has 4 nitrogen and oxygen atoms in total. The van der Waals surface area contributed by atoms with Crippen molar-refractivity contribution in [1.29, 1.82) is 0 Å². The van der Waals surface area contributed by atoms with E-state index in [0.717, 1.165) is 60.2 Å². The van der Waals surface area contributed by atoms with Crippen LogP contribution in [0.25, 0.3) is 11.1 Å². The predicted octanol–water partition coefficient (Wildman–Crippen LogP) is 5.12. The van der Waals surface area contributed by atoms with E-state index >= 15 is 0 Å². The zero-order valence-electron chi connectivity index (χ0n) is 20.7. The van der Waals surface area contributed by atoms with Gasteiger partial charge < -0.3 is 14.7 Å². The molecule has 2 unspecified atom stereocenters. The van der Waals surface area contributed by atoms with Crippen LogP contribution in [-0.4, -0.2) is 35.2 Å². The third-order valence-electron chi connectivity index (χ3n) is 6.99. The Kier molecular flexibility index (Phi) is 7.26. The summed E-state index contributed by atoms with van der Waals surface area (Å²) in [6, 6.07) is 13.8. The van der Waals surface area contributed by atoms with Crippen LogP contribution in [0.15, 0.2) is 66.4 Å². The van der Waals surface area contributed by atoms with Gasteiger partial charge in [-0.25, -0.2) is 4.79 Å². The van der Waals surface area contributed by atoms with Crippen molar-refractivity contribution in [3.8, 4) is 5.75 Å². The van der Waals surface area contributed by atoms with Gasteiger partial charge in [0.1, 0.15) is 11.9 Å². The molecule has 178 valence electrons. The summed E-state index contributed by atoms with van der Waals surface area (Å²) in [5, 5.41) is 12.1. The molecule has 4 heteroatoms. The first kappa shape index (κ1) is 23.9. The molecule has 34 heavy (non-hydrogen) atoms. The summed E-state index contributed by atoms with van der Waals surface area (Å²) in [5.41, 5.74) is 4.69. The van der Waals surface area contributed by atoms with Gasteiger partial charge in [0.05, 0.1) is 5.56 Å². The molecular formula is C30H35NO3. The van der Waals surface area contributed by atoms with Gasteiger partial charge in [0, 0.05) is 29.9 Å². The standard InChI is InChI=1S/C30H35NO3/c1-5-11-20(6-2)21-14-16-25-27(18-21)34-28-19-22(31(7-3)8-4)15-17-26(28)29(25)23-12-9-10-13-24(23)30(32)33/h9-10,12-19,26,28H,5-8,11H2,1-4H3,(H,32,33)/b21-20+. The summed E-state index contributed by atoms with van der Waals surface area (Å²) in [6.07, 6.45) is 9.54. The molecule has 0 spiro atoms. The van der Waals surface area contributed by atoms with E-state index in [4.69, 9.17) is 4.74 Å². The lowest BCUT2D eigenvalue weighted by Crippen LogP contribution is -2.39. The highest BCUT2D eigenvalue weighted by atomic mass is 16.5. The number of nitrogens with zero attached hydrogens (tertiary/aromatic N) is 1. The van der Waals surface area contributed by atoms with Crippen molar-refractivity contribution in [2.75, 3.05) is 13.1 Å². The maximum atomic E-state index is 12.1. The molecule has 0 fully saturated rings. The van der Waals surface area contributed by atoms with Gasteiger partial charge in [-0.15, -0.1) is 0 Å². The van der Waals surface area contributed by atoms with Crippen molar-refractivity contribution in [3.63, 3.8) is 0 Å². The Morgan fingerprint density at radius 3 is 2.50 bits per heavy atom. The van der Waals surface area contributed by atoms with E-state index in [2.05, 4.69) is 69.0 Å². The number of aromatic carboxylic acids is 1. The molecular weight excluding hydrogens is 422 g/mol. The molecule has 1 heterocycles. The normalized spacial score (nSPS) is 19.5. The first-order valence-corrected chi connectivity index (χ1v) is 12.5. The summed E-state index contributed by atoms with van der Waals surface area (Å²) in [7, 11) is 0. The van der Waals surface area contributed by atoms with Crippen LogP contribution in [0.1, 0.15) is 62.9 Å². The molecule has 0 bridgehead atoms. The van der Waals surface area contributed by atoms with E-state index < -0.39 is 5.97 Å². The zero-order valence-corrected chi connectivity index (χ0v) is 20.7. The van der Waals surface area contributed by atoms with Crippen LogP contribution in [0.3, 0.4) is 0 Å². The quantitative estimate of drug-likeness (QED) is 0.598. The minimum Gasteiger partial charge on any atom is -0.485 e. The molecule has 1 aliphatic carbocycles. The summed E-state index contributed by atoms with van der Waals surface area (Å²) in [4.78, 5) is 14.4. The van der Waals surface area contributed by atoms with Crippen LogP contribution >= 0.6 is 0 Å². The van der Waals surface area contributed by atoms with Crippen LogP contribution in [-0.2, 0) is 0 Å². The fourth-order valence-electron chi connectivity index (χ4n) is 5.25. The lowest BCUT2D eigenvalue weighted by atomic mass is 9.80. The Labute approximate surface area is 202 Å². The Hall–Kier alpha value is -3.27. The predicted molar refractivity (Wildman–Crippen MR) is 138 cm³/mol. The number of carbonyl (C=O) groups is 1. The molecule has 0 saturated heterocycles. The minimum atomic E-state index is -0.909. The van der Waals surface area contributed by atoms with Gasteiger partial charge in [-0.2, -0.15) is 0 Å². The average Bonchev–Trinajstić information content (AvgIpc) is 2.86. The summed E-state index contributed by atoms with van der Waals surface area (Å²) < 4.78 is 6.63. The second-order valence-corrected chi connectivity index (χ2v) is 8.91. The van der Waals surface area contributed by atoms with Gasteiger partial charge in [0.2, 0.25) is 0 Å². The Morgan fingerprint density at radius 1 is 1.06 bits per heavy atom. The molecule has 1 N–H and O–H groups in total. The van der Waals surface area contributed by atoms with Gasteiger partial charge in [0.15, 0.2) is 0 Å². The molecule has 2 aromatic carbocycles. The molecule has 1 aliphatic heterocycles. The second-order valence-electron chi connectivity index (χ2n) is 8.91. The summed E-state index contributed by atoms with van der Waals surface area (Å²) in [6.45, 7) is 10.6. The molecule has 0 aromatic heterocycles. The topological polar surface area (TPSA) is 49.8 Å². The molecule has 2 atom stereocenters. The number of likely N-dealkylation sites (N-methyl/N-ethyl adjacent to an activating group) is 1. The fourth-order valence-corrected chi connectivity index (χ4v) is 5.25. The number of hydrogen-bond acceptors (Lipinski definition) is 3. The number of carboxylic acids is 1. The van der Waals surface area contributed by atoms with Crippen LogP contribution in [0, 0.1) is 5.92 Å². The summed E-state index contributed by atoms with van der Waals surface area (Å²) >= 11 is 0. The molecule has 0 radical (unpaired) electrons. The van der Waals surface area contributed by atoms with Gasteiger partial charge in [-0.1, -0.05) is 62.2 Å². The number of allylic oxidation sites excluding steroid dienone is 1. The fraction of sp³-hybridized carbons (Fsp3) is 0.367. The van der Waals surface area contributed by atoms with Gasteiger partial charge in [-0.3, -0.25) is 0 Å². The maximum Gasteiger partial charge on any atom is 0.336 e. The minimum absolute atomic E-state index is 0.0524. The molecule has 2 aliphatic rings. The van der Waals surface area contributed by atoms with Gasteiger partial charge >= 0.3 is 5.97 Å². The molecule has 4 rings (SSSR count). The van der Waals surface area contributed by atoms with E-state index in [1.165, 1.54) is 10.8 Å². The van der Waals surface area contributed by atoms with Gasteiger partial charge in [-0.05, 0) is 67.3 Å². The zero-order chi connectivity index (χ0) is 24.2. The van der Waals surface area contributed by atoms with E-state index in [0.29, 0.717) is 5.56 Å². The Balaban J connectivity index is 1.98. The largest absolute Gasteiger partial charge is 0.485 e. The highest BCUT2D eigenvalue weighted by Gasteiger charge is 2.34. The van der Waals surface area contributed by atoms with Crippen LogP contribution in [0.5, 0.6) is 5.75 Å². The average molecular weight is 458 g/mol. The lowest BCUT2D eigenvalue weighted by Gasteiger charge is -2.36. The second kappa shape index (κ2) is 10.3. The number of rotatable bonds is 8. The van der Waals surface area contributed by atoms with E-state index in [1.807, 2.05) is 12.1 Å². The monoisotopic (exact) mass is 457 g/mol. The van der Waals surface area contributed by atoms with Crippen LogP contribution in [0.2, 0.25) is 0 Å². The Bertz CT molecular complexity index is 1250. The highest BCUT2D eigenvalue weighted by Crippen LogP contribution is 2.36. The van der Waals surface area contributed by atoms with Gasteiger partial charge in [0.25, 0.3) is 0 Å². The SMILES string of the molecule is CCC/C(CC)=c1\ccc2c(c1)OC1C=C(N(CC)CC)C=CC1C=2c1ccccc1C(=O)O. The molecule has 0 amide bonds. The lowest BCUT2D eigenvalue weighted by molar-refractivity contribution is 0.0696. The first-order chi connectivity index (χ1) is 16.5. The number of carboxylic acid groups (broad SMARTS) is 1.